The highest BCUT2D eigenvalue weighted by molar-refractivity contribution is 6.30. The highest BCUT2D eigenvalue weighted by Crippen LogP contribution is 2.30. The van der Waals surface area contributed by atoms with Crippen LogP contribution in [0.5, 0.6) is 0 Å². The summed E-state index contributed by atoms with van der Waals surface area (Å²) >= 11 is 5.85. The van der Waals surface area contributed by atoms with Crippen LogP contribution in [0.2, 0.25) is 5.02 Å². The lowest BCUT2D eigenvalue weighted by Crippen LogP contribution is -2.29. The summed E-state index contributed by atoms with van der Waals surface area (Å²) in [4.78, 5) is 25.5. The van der Waals surface area contributed by atoms with E-state index in [9.17, 15) is 14.7 Å². The molecule has 3 rings (SSSR count). The Morgan fingerprint density at radius 3 is 2.56 bits per heavy atom. The lowest BCUT2D eigenvalue weighted by atomic mass is 10.1. The molecule has 1 fully saturated rings. The molecule has 0 unspecified atom stereocenters. The van der Waals surface area contributed by atoms with Gasteiger partial charge in [-0.3, -0.25) is 4.79 Å². The molecule has 0 spiro atoms. The maximum atomic E-state index is 12.0. The van der Waals surface area contributed by atoms with Gasteiger partial charge in [0, 0.05) is 36.6 Å². The quantitative estimate of drug-likeness (QED) is 0.818. The summed E-state index contributed by atoms with van der Waals surface area (Å²) in [6, 6.07) is 6.62. The molecule has 8 heteroatoms. The van der Waals surface area contributed by atoms with Crippen molar-refractivity contribution in [3.8, 4) is 11.3 Å². The molecule has 1 amide bonds. The molecular weight excluding hydrogens is 346 g/mol. The van der Waals surface area contributed by atoms with E-state index in [1.54, 1.807) is 24.3 Å². The first-order chi connectivity index (χ1) is 12.1. The number of halogens is 1. The van der Waals surface area contributed by atoms with E-state index >= 15 is 0 Å². The molecule has 0 saturated carbocycles. The Bertz CT molecular complexity index is 767. The summed E-state index contributed by atoms with van der Waals surface area (Å²) in [7, 11) is 0. The van der Waals surface area contributed by atoms with Gasteiger partial charge in [-0.1, -0.05) is 16.8 Å². The van der Waals surface area contributed by atoms with E-state index in [1.807, 2.05) is 4.90 Å². The lowest BCUT2D eigenvalue weighted by molar-refractivity contribution is -0.129. The first-order valence-corrected chi connectivity index (χ1v) is 8.44. The van der Waals surface area contributed by atoms with Gasteiger partial charge in [0.25, 0.3) is 0 Å². The number of nitrogens with one attached hydrogen (secondary N) is 1. The van der Waals surface area contributed by atoms with Crippen molar-refractivity contribution in [1.29, 1.82) is 0 Å². The average Bonchev–Trinajstić information content (AvgIpc) is 3.25. The van der Waals surface area contributed by atoms with E-state index in [2.05, 4.69) is 10.5 Å². The summed E-state index contributed by atoms with van der Waals surface area (Å²) in [5.74, 6) is -0.827. The van der Waals surface area contributed by atoms with Crippen LogP contribution in [0.15, 0.2) is 28.8 Å². The number of rotatable bonds is 6. The van der Waals surface area contributed by atoms with Gasteiger partial charge in [0.05, 0.1) is 0 Å². The first-order valence-electron chi connectivity index (χ1n) is 8.07. The predicted octanol–water partition coefficient (Wildman–Crippen LogP) is 3.12. The number of nitrogens with zero attached hydrogens (tertiary/aromatic N) is 2. The number of amides is 1. The fraction of sp³-hybridized carbons (Fsp3) is 0.353. The fourth-order valence-corrected chi connectivity index (χ4v) is 2.95. The topological polar surface area (TPSA) is 95.7 Å². The molecule has 1 aromatic heterocycles. The van der Waals surface area contributed by atoms with Crippen molar-refractivity contribution in [3.05, 3.63) is 34.9 Å². The van der Waals surface area contributed by atoms with Gasteiger partial charge < -0.3 is 19.8 Å². The summed E-state index contributed by atoms with van der Waals surface area (Å²) in [6.07, 6.45) is 2.36. The molecule has 0 bridgehead atoms. The zero-order valence-corrected chi connectivity index (χ0v) is 14.3. The average molecular weight is 364 g/mol. The second kappa shape index (κ2) is 7.57. The van der Waals surface area contributed by atoms with Gasteiger partial charge in [-0.25, -0.2) is 4.79 Å². The molecule has 7 nitrogen and oxygen atoms in total. The van der Waals surface area contributed by atoms with Crippen molar-refractivity contribution in [2.45, 2.75) is 19.3 Å². The van der Waals surface area contributed by atoms with Crippen LogP contribution < -0.4 is 5.32 Å². The van der Waals surface area contributed by atoms with Crippen LogP contribution in [0.25, 0.3) is 11.3 Å². The van der Waals surface area contributed by atoms with Crippen LogP contribution in [0.3, 0.4) is 0 Å². The Kier molecular flexibility index (Phi) is 5.23. The Morgan fingerprint density at radius 2 is 1.92 bits per heavy atom. The number of aromatic carboxylic acids is 1. The smallest absolute Gasteiger partial charge is 0.343 e. The number of carbonyl (C=O) groups excluding carboxylic acids is 1. The molecule has 1 aliphatic heterocycles. The molecule has 132 valence electrons. The van der Waals surface area contributed by atoms with Gasteiger partial charge in [0.1, 0.15) is 0 Å². The zero-order chi connectivity index (χ0) is 17.8. The van der Waals surface area contributed by atoms with E-state index < -0.39 is 5.97 Å². The van der Waals surface area contributed by atoms with Crippen LogP contribution in [0, 0.1) is 0 Å². The van der Waals surface area contributed by atoms with Gasteiger partial charge in [-0.15, -0.1) is 0 Å². The summed E-state index contributed by atoms with van der Waals surface area (Å²) in [5, 5.41) is 16.7. The number of hydrogen-bond donors (Lipinski definition) is 2. The lowest BCUT2D eigenvalue weighted by Gasteiger charge is -2.15. The largest absolute Gasteiger partial charge is 0.477 e. The van der Waals surface area contributed by atoms with Crippen LogP contribution in [-0.4, -0.2) is 46.7 Å². The van der Waals surface area contributed by atoms with Crippen molar-refractivity contribution in [2.24, 2.45) is 0 Å². The van der Waals surface area contributed by atoms with Crippen molar-refractivity contribution >= 4 is 29.3 Å². The molecule has 25 heavy (non-hydrogen) atoms. The summed E-state index contributed by atoms with van der Waals surface area (Å²) in [6.45, 7) is 1.88. The Hall–Kier alpha value is -2.54. The summed E-state index contributed by atoms with van der Waals surface area (Å²) < 4.78 is 5.21. The third-order valence-corrected chi connectivity index (χ3v) is 4.35. The molecule has 1 aliphatic rings. The molecule has 1 aromatic carbocycles. The number of hydrogen-bond acceptors (Lipinski definition) is 5. The fourth-order valence-electron chi connectivity index (χ4n) is 2.82. The Labute approximate surface area is 149 Å². The molecule has 1 saturated heterocycles. The normalized spacial score (nSPS) is 13.9. The van der Waals surface area contributed by atoms with Gasteiger partial charge in [0.2, 0.25) is 5.91 Å². The van der Waals surface area contributed by atoms with E-state index in [0.717, 1.165) is 25.9 Å². The molecule has 0 aliphatic carbocycles. The molecule has 0 radical (unpaired) electrons. The number of carboxylic acids is 1. The third-order valence-electron chi connectivity index (χ3n) is 4.10. The van der Waals surface area contributed by atoms with Gasteiger partial charge in [-0.2, -0.15) is 0 Å². The Balaban J connectivity index is 1.70. The number of likely N-dealkylation sites (tertiary alicyclic amines) is 1. The Morgan fingerprint density at radius 1 is 1.24 bits per heavy atom. The monoisotopic (exact) mass is 363 g/mol. The number of carbonyl (C=O) groups is 2. The molecular formula is C17H18ClN3O4. The minimum Gasteiger partial charge on any atom is -0.477 e. The minimum atomic E-state index is -1.15. The second-order valence-electron chi connectivity index (χ2n) is 5.81. The molecule has 2 N–H and O–H groups in total. The van der Waals surface area contributed by atoms with Crippen LogP contribution in [0.4, 0.5) is 5.82 Å². The number of carboxylic acid groups (broad SMARTS) is 1. The van der Waals surface area contributed by atoms with Crippen molar-refractivity contribution in [2.75, 3.05) is 25.0 Å². The van der Waals surface area contributed by atoms with Gasteiger partial charge >= 0.3 is 5.97 Å². The highest BCUT2D eigenvalue weighted by Gasteiger charge is 2.24. The number of aromatic nitrogens is 1. The van der Waals surface area contributed by atoms with Crippen LogP contribution in [0.1, 0.15) is 29.6 Å². The minimum absolute atomic E-state index is 0.0586. The maximum absolute atomic E-state index is 12.0. The van der Waals surface area contributed by atoms with Crippen molar-refractivity contribution in [1.82, 2.24) is 10.1 Å². The maximum Gasteiger partial charge on any atom is 0.343 e. The third kappa shape index (κ3) is 3.93. The van der Waals surface area contributed by atoms with Crippen molar-refractivity contribution in [3.63, 3.8) is 0 Å². The molecule has 0 atom stereocenters. The van der Waals surface area contributed by atoms with E-state index in [-0.39, 0.29) is 29.5 Å². The zero-order valence-electron chi connectivity index (χ0n) is 13.5. The SMILES string of the molecule is O=C(O)c1c(NCCC(=O)N2CCCC2)noc1-c1ccc(Cl)cc1. The van der Waals surface area contributed by atoms with Gasteiger partial charge in [0.15, 0.2) is 17.1 Å². The predicted molar refractivity (Wildman–Crippen MR) is 92.8 cm³/mol. The van der Waals surface area contributed by atoms with Crippen LogP contribution in [-0.2, 0) is 4.79 Å². The van der Waals surface area contributed by atoms with E-state index in [1.165, 1.54) is 0 Å². The molecule has 2 heterocycles. The molecule has 2 aromatic rings. The van der Waals surface area contributed by atoms with Crippen molar-refractivity contribution < 1.29 is 19.2 Å². The summed E-state index contributed by atoms with van der Waals surface area (Å²) in [5.41, 5.74) is 0.506. The highest BCUT2D eigenvalue weighted by atomic mass is 35.5. The first kappa shape index (κ1) is 17.3. The van der Waals surface area contributed by atoms with Crippen LogP contribution >= 0.6 is 11.6 Å². The van der Waals surface area contributed by atoms with E-state index in [0.29, 0.717) is 17.1 Å². The number of anilines is 1. The number of benzene rings is 1. The standard InChI is InChI=1S/C17H18ClN3O4/c18-12-5-3-11(4-6-12)15-14(17(23)24)16(20-25-15)19-8-7-13(22)21-9-1-2-10-21/h3-6H,1-2,7-10H2,(H,19,20)(H,23,24). The van der Waals surface area contributed by atoms with Gasteiger partial charge in [-0.05, 0) is 37.1 Å². The van der Waals surface area contributed by atoms with E-state index in [4.69, 9.17) is 16.1 Å². The second-order valence-corrected chi connectivity index (χ2v) is 6.25.